The van der Waals surface area contributed by atoms with Crippen LogP contribution in [-0.4, -0.2) is 15.1 Å². The molecule has 57 heavy (non-hydrogen) atoms. The highest BCUT2D eigenvalue weighted by molar-refractivity contribution is 5.92. The molecule has 4 nitrogen and oxygen atoms in total. The average molecular weight is 731 g/mol. The summed E-state index contributed by atoms with van der Waals surface area (Å²) in [7, 11) is 0. The van der Waals surface area contributed by atoms with Crippen molar-refractivity contribution in [1.29, 1.82) is 0 Å². The molecular weight excluding hydrogens is 697 g/mol. The molecule has 9 aromatic rings. The van der Waals surface area contributed by atoms with Gasteiger partial charge in [0.1, 0.15) is 17.2 Å². The molecule has 1 N–H and O–H groups in total. The van der Waals surface area contributed by atoms with Crippen LogP contribution in [-0.2, 0) is 5.41 Å². The van der Waals surface area contributed by atoms with Gasteiger partial charge in [-0.2, -0.15) is 0 Å². The van der Waals surface area contributed by atoms with E-state index in [1.807, 2.05) is 60.7 Å². The Hall–Kier alpha value is -7.56. The third-order valence-corrected chi connectivity index (χ3v) is 11.5. The number of para-hydroxylation sites is 2. The number of nitrogens with zero attached hydrogens (tertiary/aromatic N) is 2. The Bertz CT molecular complexity index is 2870. The van der Waals surface area contributed by atoms with Crippen molar-refractivity contribution in [1.82, 2.24) is 9.97 Å². The molecule has 268 valence electrons. The van der Waals surface area contributed by atoms with Crippen molar-refractivity contribution in [3.63, 3.8) is 0 Å². The lowest BCUT2D eigenvalue weighted by Crippen LogP contribution is -2.32. The quantitative estimate of drug-likeness (QED) is 0.192. The number of fused-ring (bicyclic) bond motifs is 9. The van der Waals surface area contributed by atoms with E-state index in [2.05, 4.69) is 127 Å². The molecular formula is C53H34N2O2. The van der Waals surface area contributed by atoms with Gasteiger partial charge < -0.3 is 9.84 Å². The van der Waals surface area contributed by atoms with Gasteiger partial charge in [-0.3, -0.25) is 0 Å². The van der Waals surface area contributed by atoms with Crippen LogP contribution in [0.2, 0.25) is 0 Å². The molecule has 1 aliphatic carbocycles. The van der Waals surface area contributed by atoms with Crippen LogP contribution in [0.3, 0.4) is 0 Å². The second-order valence-corrected chi connectivity index (χ2v) is 14.7. The molecule has 1 aromatic heterocycles. The third-order valence-electron chi connectivity index (χ3n) is 11.5. The topological polar surface area (TPSA) is 55.2 Å². The van der Waals surface area contributed by atoms with Gasteiger partial charge in [-0.25, -0.2) is 9.97 Å². The summed E-state index contributed by atoms with van der Waals surface area (Å²) < 4.78 is 6.63. The van der Waals surface area contributed by atoms with Gasteiger partial charge in [0.2, 0.25) is 0 Å². The molecule has 0 fully saturated rings. The molecule has 8 aromatic carbocycles. The van der Waals surface area contributed by atoms with Crippen LogP contribution in [0.15, 0.2) is 200 Å². The Morgan fingerprint density at radius 1 is 0.351 bits per heavy atom. The summed E-state index contributed by atoms with van der Waals surface area (Å²) in [5.74, 6) is 2.66. The van der Waals surface area contributed by atoms with Gasteiger partial charge in [0, 0.05) is 27.8 Å². The highest BCUT2D eigenvalue weighted by Crippen LogP contribution is 2.62. The first-order chi connectivity index (χ1) is 28.1. The normalized spacial score (nSPS) is 12.9. The van der Waals surface area contributed by atoms with Crippen LogP contribution in [0.1, 0.15) is 22.3 Å². The van der Waals surface area contributed by atoms with Crippen molar-refractivity contribution in [2.45, 2.75) is 5.41 Å². The van der Waals surface area contributed by atoms with Crippen molar-refractivity contribution in [3.8, 4) is 84.5 Å². The molecule has 2 aliphatic rings. The molecule has 1 spiro atoms. The third kappa shape index (κ3) is 5.30. The summed E-state index contributed by atoms with van der Waals surface area (Å²) >= 11 is 0. The van der Waals surface area contributed by atoms with Gasteiger partial charge >= 0.3 is 0 Å². The number of hydrogen-bond donors (Lipinski definition) is 1. The van der Waals surface area contributed by atoms with Crippen molar-refractivity contribution in [2.75, 3.05) is 0 Å². The van der Waals surface area contributed by atoms with Crippen LogP contribution >= 0.6 is 0 Å². The number of hydrogen-bond acceptors (Lipinski definition) is 4. The Balaban J connectivity index is 1.06. The standard InChI is InChI=1S/C53H34N2O2/c56-41-27-23-35(24-28-41)40-26-30-43-42-29-25-39(31-46(42)53(47(43)32-40)44-15-7-9-17-50(44)57-51-18-10-8-16-45(51)53)34-19-21-37(22-20-34)49-33-48(36-11-3-1-4-12-36)54-52(55-49)38-13-5-2-6-14-38/h1-33,56H. The second kappa shape index (κ2) is 13.0. The van der Waals surface area contributed by atoms with Crippen LogP contribution in [0.4, 0.5) is 0 Å². The average Bonchev–Trinajstić information content (AvgIpc) is 3.56. The summed E-state index contributed by atoms with van der Waals surface area (Å²) in [4.78, 5) is 10.1. The number of phenols is 1. The molecule has 0 saturated heterocycles. The number of ether oxygens (including phenoxy) is 1. The molecule has 2 heterocycles. The smallest absolute Gasteiger partial charge is 0.160 e. The van der Waals surface area contributed by atoms with E-state index < -0.39 is 5.41 Å². The van der Waals surface area contributed by atoms with Crippen molar-refractivity contribution in [3.05, 3.63) is 222 Å². The van der Waals surface area contributed by atoms with E-state index in [1.54, 1.807) is 12.1 Å². The van der Waals surface area contributed by atoms with Crippen molar-refractivity contribution < 1.29 is 9.84 Å². The van der Waals surface area contributed by atoms with Crippen LogP contribution in [0.5, 0.6) is 17.2 Å². The Morgan fingerprint density at radius 3 is 1.32 bits per heavy atom. The largest absolute Gasteiger partial charge is 0.508 e. The zero-order valence-electron chi connectivity index (χ0n) is 30.8. The fourth-order valence-corrected chi connectivity index (χ4v) is 8.81. The molecule has 0 bridgehead atoms. The van der Waals surface area contributed by atoms with Crippen molar-refractivity contribution >= 4 is 0 Å². The second-order valence-electron chi connectivity index (χ2n) is 14.7. The predicted octanol–water partition coefficient (Wildman–Crippen LogP) is 13.0. The van der Waals surface area contributed by atoms with E-state index in [4.69, 9.17) is 14.7 Å². The van der Waals surface area contributed by atoms with E-state index >= 15 is 0 Å². The molecule has 0 unspecified atom stereocenters. The number of aromatic hydroxyl groups is 1. The van der Waals surface area contributed by atoms with Crippen LogP contribution < -0.4 is 4.74 Å². The van der Waals surface area contributed by atoms with Gasteiger partial charge in [0.05, 0.1) is 16.8 Å². The van der Waals surface area contributed by atoms with E-state index in [1.165, 1.54) is 22.3 Å². The van der Waals surface area contributed by atoms with Crippen molar-refractivity contribution in [2.24, 2.45) is 0 Å². The highest BCUT2D eigenvalue weighted by Gasteiger charge is 2.51. The predicted molar refractivity (Wildman–Crippen MR) is 228 cm³/mol. The Labute approximate surface area is 331 Å². The van der Waals surface area contributed by atoms with Gasteiger partial charge in [-0.1, -0.05) is 158 Å². The number of rotatable bonds is 5. The molecule has 0 amide bonds. The van der Waals surface area contributed by atoms with Gasteiger partial charge in [-0.15, -0.1) is 0 Å². The molecule has 1 aliphatic heterocycles. The summed E-state index contributed by atoms with van der Waals surface area (Å²) in [6, 6.07) is 69.3. The van der Waals surface area contributed by atoms with E-state index in [0.717, 1.165) is 73.0 Å². The summed E-state index contributed by atoms with van der Waals surface area (Å²) in [5, 5.41) is 10.1. The molecule has 0 atom stereocenters. The number of phenolic OH excluding ortho intramolecular Hbond substituents is 1. The first-order valence-electron chi connectivity index (χ1n) is 19.2. The summed E-state index contributed by atoms with van der Waals surface area (Å²) in [5.41, 5.74) is 15.7. The maximum absolute atomic E-state index is 10.1. The summed E-state index contributed by atoms with van der Waals surface area (Å²) in [6.07, 6.45) is 0. The first-order valence-corrected chi connectivity index (χ1v) is 19.2. The SMILES string of the molecule is Oc1ccc(-c2ccc3c(c2)C2(c4ccccc4Oc4ccccc42)c2cc(-c4ccc(-c5cc(-c6ccccc6)nc(-c6ccccc6)n5)cc4)ccc2-3)cc1. The first kappa shape index (κ1) is 32.8. The minimum atomic E-state index is -0.623. The highest BCUT2D eigenvalue weighted by atomic mass is 16.5. The minimum absolute atomic E-state index is 0.252. The fraction of sp³-hybridized carbons (Fsp3) is 0.0189. The zero-order chi connectivity index (χ0) is 37.9. The lowest BCUT2D eigenvalue weighted by Gasteiger charge is -2.39. The lowest BCUT2D eigenvalue weighted by molar-refractivity contribution is 0.436. The maximum Gasteiger partial charge on any atom is 0.160 e. The summed E-state index contributed by atoms with van der Waals surface area (Å²) in [6.45, 7) is 0. The Morgan fingerprint density at radius 2 is 0.772 bits per heavy atom. The van der Waals surface area contributed by atoms with Crippen LogP contribution in [0, 0.1) is 0 Å². The minimum Gasteiger partial charge on any atom is -0.508 e. The molecule has 0 saturated carbocycles. The van der Waals surface area contributed by atoms with Gasteiger partial charge in [0.25, 0.3) is 0 Å². The maximum atomic E-state index is 10.1. The molecule has 0 radical (unpaired) electrons. The van der Waals surface area contributed by atoms with E-state index in [9.17, 15) is 5.11 Å². The molecule has 4 heteroatoms. The fourth-order valence-electron chi connectivity index (χ4n) is 8.81. The van der Waals surface area contributed by atoms with Gasteiger partial charge in [0.15, 0.2) is 5.82 Å². The monoisotopic (exact) mass is 730 g/mol. The van der Waals surface area contributed by atoms with Gasteiger partial charge in [-0.05, 0) is 87.0 Å². The van der Waals surface area contributed by atoms with Crippen LogP contribution in [0.25, 0.3) is 67.3 Å². The van der Waals surface area contributed by atoms with E-state index in [-0.39, 0.29) is 5.75 Å². The number of aromatic nitrogens is 2. The van der Waals surface area contributed by atoms with E-state index in [0.29, 0.717) is 5.82 Å². The lowest BCUT2D eigenvalue weighted by atomic mass is 9.65. The molecule has 11 rings (SSSR count). The Kier molecular flexibility index (Phi) is 7.51. The zero-order valence-corrected chi connectivity index (χ0v) is 30.8. The number of benzene rings is 8.